The fraction of sp³-hybridized carbons (Fsp3) is 0.947. The lowest BCUT2D eigenvalue weighted by Gasteiger charge is -2.39. The van der Waals surface area contributed by atoms with Crippen molar-refractivity contribution in [1.29, 1.82) is 0 Å². The van der Waals surface area contributed by atoms with Gasteiger partial charge >= 0.3 is 6.03 Å². The molecule has 0 spiro atoms. The SMILES string of the molecule is C[C@@H]1CN([C@H](C)CNC(=O)NC[C@H](C)N2C[C@H](C)O[C@@H](C)C2)C[C@H](C)O1. The molecule has 7 nitrogen and oxygen atoms in total. The van der Waals surface area contributed by atoms with Crippen molar-refractivity contribution in [2.24, 2.45) is 0 Å². The van der Waals surface area contributed by atoms with Crippen molar-refractivity contribution in [3.05, 3.63) is 0 Å². The van der Waals surface area contributed by atoms with Crippen molar-refractivity contribution in [3.8, 4) is 0 Å². The maximum absolute atomic E-state index is 12.2. The molecular weight excluding hydrogens is 332 g/mol. The summed E-state index contributed by atoms with van der Waals surface area (Å²) in [7, 11) is 0. The summed E-state index contributed by atoms with van der Waals surface area (Å²) in [5.41, 5.74) is 0. The van der Waals surface area contributed by atoms with Gasteiger partial charge in [0.15, 0.2) is 0 Å². The average Bonchev–Trinajstić information content (AvgIpc) is 2.55. The zero-order valence-corrected chi connectivity index (χ0v) is 17.3. The zero-order chi connectivity index (χ0) is 19.3. The van der Waals surface area contributed by atoms with Crippen molar-refractivity contribution < 1.29 is 14.3 Å². The molecule has 0 saturated carbocycles. The van der Waals surface area contributed by atoms with Gasteiger partial charge in [-0.3, -0.25) is 9.80 Å². The molecule has 2 fully saturated rings. The van der Waals surface area contributed by atoms with Crippen molar-refractivity contribution in [2.75, 3.05) is 39.3 Å². The number of rotatable bonds is 6. The highest BCUT2D eigenvalue weighted by atomic mass is 16.5. The summed E-state index contributed by atoms with van der Waals surface area (Å²) < 4.78 is 11.5. The van der Waals surface area contributed by atoms with Gasteiger partial charge in [-0.05, 0) is 41.5 Å². The highest BCUT2D eigenvalue weighted by Crippen LogP contribution is 2.14. The van der Waals surface area contributed by atoms with Crippen LogP contribution in [0.1, 0.15) is 41.5 Å². The van der Waals surface area contributed by atoms with E-state index in [1.807, 2.05) is 0 Å². The largest absolute Gasteiger partial charge is 0.373 e. The van der Waals surface area contributed by atoms with Crippen LogP contribution in [0.4, 0.5) is 4.79 Å². The Hall–Kier alpha value is -0.890. The quantitative estimate of drug-likeness (QED) is 0.737. The molecule has 2 aliphatic heterocycles. The summed E-state index contributed by atoms with van der Waals surface area (Å²) in [4.78, 5) is 16.9. The van der Waals surface area contributed by atoms with E-state index in [2.05, 4.69) is 62.0 Å². The number of hydrogen-bond donors (Lipinski definition) is 2. The number of urea groups is 1. The molecule has 0 bridgehead atoms. The number of nitrogens with zero attached hydrogens (tertiary/aromatic N) is 2. The molecule has 6 atom stereocenters. The van der Waals surface area contributed by atoms with Crippen LogP contribution in [0.25, 0.3) is 0 Å². The van der Waals surface area contributed by atoms with Crippen LogP contribution in [0.3, 0.4) is 0 Å². The monoisotopic (exact) mass is 370 g/mol. The van der Waals surface area contributed by atoms with Gasteiger partial charge in [0.25, 0.3) is 0 Å². The van der Waals surface area contributed by atoms with Crippen LogP contribution in [-0.2, 0) is 9.47 Å². The fourth-order valence-corrected chi connectivity index (χ4v) is 3.96. The van der Waals surface area contributed by atoms with E-state index >= 15 is 0 Å². The third-order valence-electron chi connectivity index (χ3n) is 5.26. The number of carbonyl (C=O) groups excluding carboxylic acids is 1. The van der Waals surface area contributed by atoms with E-state index in [-0.39, 0.29) is 30.4 Å². The van der Waals surface area contributed by atoms with Gasteiger partial charge in [-0.2, -0.15) is 0 Å². The van der Waals surface area contributed by atoms with Gasteiger partial charge < -0.3 is 20.1 Å². The number of morpholine rings is 2. The van der Waals surface area contributed by atoms with Crippen LogP contribution in [-0.4, -0.2) is 91.6 Å². The lowest BCUT2D eigenvalue weighted by Crippen LogP contribution is -2.54. The predicted octanol–water partition coefficient (Wildman–Crippen LogP) is 1.28. The Kier molecular flexibility index (Phi) is 8.13. The highest BCUT2D eigenvalue weighted by Gasteiger charge is 2.27. The fourth-order valence-electron chi connectivity index (χ4n) is 3.96. The molecule has 0 aliphatic carbocycles. The first-order chi connectivity index (χ1) is 12.2. The number of ether oxygens (including phenoxy) is 2. The van der Waals surface area contributed by atoms with Crippen LogP contribution in [0.5, 0.6) is 0 Å². The molecule has 0 aromatic rings. The van der Waals surface area contributed by atoms with Gasteiger partial charge in [0.2, 0.25) is 0 Å². The molecule has 2 N–H and O–H groups in total. The number of nitrogens with one attached hydrogen (secondary N) is 2. The van der Waals surface area contributed by atoms with Gasteiger partial charge in [0.05, 0.1) is 24.4 Å². The van der Waals surface area contributed by atoms with Crippen LogP contribution < -0.4 is 10.6 Å². The third kappa shape index (κ3) is 6.68. The molecule has 26 heavy (non-hydrogen) atoms. The van der Waals surface area contributed by atoms with Crippen molar-refractivity contribution in [1.82, 2.24) is 20.4 Å². The summed E-state index contributed by atoms with van der Waals surface area (Å²) in [5.74, 6) is 0. The van der Waals surface area contributed by atoms with Gasteiger partial charge in [-0.25, -0.2) is 4.79 Å². The van der Waals surface area contributed by atoms with E-state index in [1.54, 1.807) is 0 Å². The Bertz CT molecular complexity index is 393. The van der Waals surface area contributed by atoms with E-state index in [0.29, 0.717) is 25.2 Å². The van der Waals surface area contributed by atoms with Crippen LogP contribution >= 0.6 is 0 Å². The normalized spacial score (nSPS) is 33.5. The molecule has 2 aliphatic rings. The van der Waals surface area contributed by atoms with Gasteiger partial charge in [-0.1, -0.05) is 0 Å². The number of hydrogen-bond acceptors (Lipinski definition) is 5. The maximum atomic E-state index is 12.2. The first kappa shape index (κ1) is 21.4. The van der Waals surface area contributed by atoms with E-state index in [9.17, 15) is 4.79 Å². The molecule has 0 radical (unpaired) electrons. The molecular formula is C19H38N4O3. The smallest absolute Gasteiger partial charge is 0.314 e. The summed E-state index contributed by atoms with van der Waals surface area (Å²) in [6.07, 6.45) is 0.978. The lowest BCUT2D eigenvalue weighted by molar-refractivity contribution is -0.0780. The van der Waals surface area contributed by atoms with Gasteiger partial charge in [-0.15, -0.1) is 0 Å². The van der Waals surface area contributed by atoms with E-state index < -0.39 is 0 Å². The molecule has 2 heterocycles. The van der Waals surface area contributed by atoms with Crippen LogP contribution in [0.15, 0.2) is 0 Å². The minimum atomic E-state index is -0.0904. The van der Waals surface area contributed by atoms with Gasteiger partial charge in [0.1, 0.15) is 0 Å². The molecule has 0 unspecified atom stereocenters. The predicted molar refractivity (Wildman–Crippen MR) is 103 cm³/mol. The zero-order valence-electron chi connectivity index (χ0n) is 17.3. The standard InChI is InChI=1S/C19H38N4O3/c1-13(22-9-15(3)25-16(4)10-22)7-20-19(24)21-8-14(2)23-11-17(5)26-18(6)12-23/h13-18H,7-12H2,1-6H3,(H2,20,21,24)/t13-,14+,15-,16-,17-,18+/m0/s1. The van der Waals surface area contributed by atoms with Crippen LogP contribution in [0, 0.1) is 0 Å². The Morgan fingerprint density at radius 1 is 0.808 bits per heavy atom. The minimum Gasteiger partial charge on any atom is -0.373 e. The van der Waals surface area contributed by atoms with Crippen molar-refractivity contribution in [2.45, 2.75) is 78.0 Å². The molecule has 2 rings (SSSR count). The average molecular weight is 371 g/mol. The summed E-state index contributed by atoms with van der Waals surface area (Å²) >= 11 is 0. The molecule has 0 aromatic carbocycles. The van der Waals surface area contributed by atoms with E-state index in [4.69, 9.17) is 9.47 Å². The summed E-state index contributed by atoms with van der Waals surface area (Å²) in [6.45, 7) is 17.7. The van der Waals surface area contributed by atoms with Crippen molar-refractivity contribution >= 4 is 6.03 Å². The van der Waals surface area contributed by atoms with E-state index in [0.717, 1.165) is 26.2 Å². The van der Waals surface area contributed by atoms with Gasteiger partial charge in [0, 0.05) is 51.4 Å². The minimum absolute atomic E-state index is 0.0904. The second-order valence-electron chi connectivity index (χ2n) is 8.21. The highest BCUT2D eigenvalue weighted by molar-refractivity contribution is 5.73. The van der Waals surface area contributed by atoms with Crippen molar-refractivity contribution in [3.63, 3.8) is 0 Å². The molecule has 2 saturated heterocycles. The molecule has 7 heteroatoms. The second kappa shape index (κ2) is 9.88. The number of amides is 2. The topological polar surface area (TPSA) is 66.1 Å². The molecule has 0 aromatic heterocycles. The molecule has 2 amide bonds. The summed E-state index contributed by atoms with van der Waals surface area (Å²) in [5, 5.41) is 6.02. The Morgan fingerprint density at radius 2 is 1.12 bits per heavy atom. The second-order valence-corrected chi connectivity index (χ2v) is 8.21. The third-order valence-corrected chi connectivity index (χ3v) is 5.26. The Balaban J connectivity index is 1.66. The maximum Gasteiger partial charge on any atom is 0.314 e. The first-order valence-corrected chi connectivity index (χ1v) is 10.0. The lowest BCUT2D eigenvalue weighted by atomic mass is 10.1. The first-order valence-electron chi connectivity index (χ1n) is 10.0. The van der Waals surface area contributed by atoms with Crippen LogP contribution in [0.2, 0.25) is 0 Å². The number of carbonyl (C=O) groups is 1. The van der Waals surface area contributed by atoms with E-state index in [1.165, 1.54) is 0 Å². The Morgan fingerprint density at radius 3 is 1.42 bits per heavy atom. The molecule has 152 valence electrons. The Labute approximate surface area is 158 Å². The summed E-state index contributed by atoms with van der Waals surface area (Å²) in [6, 6.07) is 0.508.